The first-order chi connectivity index (χ1) is 12.2. The van der Waals surface area contributed by atoms with Gasteiger partial charge in [-0.05, 0) is 51.7 Å². The number of para-hydroxylation sites is 1. The zero-order valence-corrected chi connectivity index (χ0v) is 16.4. The van der Waals surface area contributed by atoms with Crippen molar-refractivity contribution in [3.8, 4) is 11.5 Å². The zero-order chi connectivity index (χ0) is 18.1. The van der Waals surface area contributed by atoms with Crippen molar-refractivity contribution in [3.63, 3.8) is 0 Å². The molecule has 2 aromatic rings. The van der Waals surface area contributed by atoms with E-state index in [1.165, 1.54) is 5.56 Å². The minimum absolute atomic E-state index is 0.678. The van der Waals surface area contributed by atoms with Crippen LogP contribution in [-0.2, 0) is 13.0 Å². The van der Waals surface area contributed by atoms with Crippen LogP contribution in [0, 0.1) is 0 Å². The highest BCUT2D eigenvalue weighted by atomic mass is 79.9. The Balaban J connectivity index is 1.84. The normalized spacial score (nSPS) is 11.1. The van der Waals surface area contributed by atoms with Crippen LogP contribution in [0.25, 0.3) is 0 Å². The molecule has 0 aliphatic carbocycles. The average Bonchev–Trinajstić information content (AvgIpc) is 2.65. The van der Waals surface area contributed by atoms with Gasteiger partial charge in [-0.15, -0.1) is 0 Å². The van der Waals surface area contributed by atoms with E-state index < -0.39 is 0 Å². The lowest BCUT2D eigenvalue weighted by molar-refractivity contribution is 0.409. The molecule has 25 heavy (non-hydrogen) atoms. The van der Waals surface area contributed by atoms with Crippen molar-refractivity contribution in [3.05, 3.63) is 58.1 Å². The molecular formula is C19H24BrN3O2. The van der Waals surface area contributed by atoms with Crippen LogP contribution in [0.1, 0.15) is 11.1 Å². The molecule has 0 amide bonds. The molecule has 0 spiro atoms. The van der Waals surface area contributed by atoms with Gasteiger partial charge in [-0.3, -0.25) is 4.99 Å². The number of methoxy groups -OCH3 is 2. The molecule has 2 aromatic carbocycles. The van der Waals surface area contributed by atoms with Gasteiger partial charge in [0.15, 0.2) is 5.96 Å². The standard InChI is InChI=1S/C19H24BrN3O2/c1-21-19(22-11-10-15-6-4-5-7-17(15)24-2)23-13-14-8-9-18(25-3)16(20)12-14/h4-9,12H,10-11,13H2,1-3H3,(H2,21,22,23). The SMILES string of the molecule is CN=C(NCCc1ccccc1OC)NCc1ccc(OC)c(Br)c1. The monoisotopic (exact) mass is 405 g/mol. The van der Waals surface area contributed by atoms with Crippen LogP contribution in [0.3, 0.4) is 0 Å². The second kappa shape index (κ2) is 9.93. The summed E-state index contributed by atoms with van der Waals surface area (Å²) in [6, 6.07) is 14.1. The first-order valence-electron chi connectivity index (χ1n) is 8.06. The molecule has 0 saturated carbocycles. The first-order valence-corrected chi connectivity index (χ1v) is 8.86. The fourth-order valence-electron chi connectivity index (χ4n) is 2.45. The van der Waals surface area contributed by atoms with Crippen LogP contribution in [0.15, 0.2) is 51.9 Å². The molecule has 2 N–H and O–H groups in total. The van der Waals surface area contributed by atoms with Gasteiger partial charge in [0, 0.05) is 20.1 Å². The number of hydrogen-bond acceptors (Lipinski definition) is 3. The smallest absolute Gasteiger partial charge is 0.191 e. The maximum absolute atomic E-state index is 5.38. The van der Waals surface area contributed by atoms with Crippen LogP contribution in [-0.4, -0.2) is 33.8 Å². The number of ether oxygens (including phenoxy) is 2. The highest BCUT2D eigenvalue weighted by Gasteiger charge is 2.04. The summed E-state index contributed by atoms with van der Waals surface area (Å²) in [7, 11) is 5.12. The summed E-state index contributed by atoms with van der Waals surface area (Å²) >= 11 is 3.50. The molecule has 0 aromatic heterocycles. The van der Waals surface area contributed by atoms with E-state index in [0.717, 1.165) is 40.5 Å². The Morgan fingerprint density at radius 1 is 1.04 bits per heavy atom. The molecule has 6 heteroatoms. The number of guanidine groups is 1. The Hall–Kier alpha value is -2.21. The lowest BCUT2D eigenvalue weighted by atomic mass is 10.1. The number of hydrogen-bond donors (Lipinski definition) is 2. The minimum Gasteiger partial charge on any atom is -0.496 e. The van der Waals surface area contributed by atoms with Crippen molar-refractivity contribution in [2.75, 3.05) is 27.8 Å². The summed E-state index contributed by atoms with van der Waals surface area (Å²) in [5, 5.41) is 6.63. The summed E-state index contributed by atoms with van der Waals surface area (Å²) in [6.45, 7) is 1.45. The van der Waals surface area contributed by atoms with Crippen molar-refractivity contribution < 1.29 is 9.47 Å². The quantitative estimate of drug-likeness (QED) is 0.547. The van der Waals surface area contributed by atoms with Crippen LogP contribution in [0.5, 0.6) is 11.5 Å². The van der Waals surface area contributed by atoms with Gasteiger partial charge in [-0.1, -0.05) is 24.3 Å². The van der Waals surface area contributed by atoms with Gasteiger partial charge in [-0.25, -0.2) is 0 Å². The molecule has 0 unspecified atom stereocenters. The highest BCUT2D eigenvalue weighted by molar-refractivity contribution is 9.10. The Bertz CT molecular complexity index is 720. The third-order valence-corrected chi connectivity index (χ3v) is 4.40. The lowest BCUT2D eigenvalue weighted by Crippen LogP contribution is -2.37. The van der Waals surface area contributed by atoms with E-state index in [1.807, 2.05) is 36.4 Å². The lowest BCUT2D eigenvalue weighted by Gasteiger charge is -2.13. The Morgan fingerprint density at radius 2 is 1.80 bits per heavy atom. The van der Waals surface area contributed by atoms with Crippen LogP contribution >= 0.6 is 15.9 Å². The summed E-state index contributed by atoms with van der Waals surface area (Å²) in [6.07, 6.45) is 0.860. The maximum Gasteiger partial charge on any atom is 0.191 e. The number of rotatable bonds is 7. The van der Waals surface area contributed by atoms with E-state index in [1.54, 1.807) is 21.3 Å². The molecule has 0 saturated heterocycles. The molecule has 0 aliphatic heterocycles. The van der Waals surface area contributed by atoms with Gasteiger partial charge in [-0.2, -0.15) is 0 Å². The van der Waals surface area contributed by atoms with Crippen molar-refractivity contribution in [2.24, 2.45) is 4.99 Å². The van der Waals surface area contributed by atoms with Gasteiger partial charge < -0.3 is 20.1 Å². The van der Waals surface area contributed by atoms with E-state index >= 15 is 0 Å². The topological polar surface area (TPSA) is 54.9 Å². The summed E-state index contributed by atoms with van der Waals surface area (Å²) < 4.78 is 11.6. The largest absolute Gasteiger partial charge is 0.496 e. The summed E-state index contributed by atoms with van der Waals surface area (Å²) in [5.74, 6) is 2.50. The van der Waals surface area contributed by atoms with E-state index in [0.29, 0.717) is 6.54 Å². The molecule has 0 atom stereocenters. The van der Waals surface area contributed by atoms with E-state index in [2.05, 4.69) is 37.6 Å². The van der Waals surface area contributed by atoms with Crippen molar-refractivity contribution in [2.45, 2.75) is 13.0 Å². The van der Waals surface area contributed by atoms with Gasteiger partial charge in [0.05, 0.1) is 18.7 Å². The van der Waals surface area contributed by atoms with Crippen LogP contribution in [0.2, 0.25) is 0 Å². The molecule has 2 rings (SSSR count). The molecule has 0 heterocycles. The molecule has 0 aliphatic rings. The summed E-state index contributed by atoms with van der Waals surface area (Å²) in [5.41, 5.74) is 2.31. The highest BCUT2D eigenvalue weighted by Crippen LogP contribution is 2.25. The Morgan fingerprint density at radius 3 is 2.48 bits per heavy atom. The third kappa shape index (κ3) is 5.67. The number of halogens is 1. The number of aliphatic imine (C=N–C) groups is 1. The van der Waals surface area contributed by atoms with Gasteiger partial charge in [0.2, 0.25) is 0 Å². The van der Waals surface area contributed by atoms with Gasteiger partial charge in [0.1, 0.15) is 11.5 Å². The molecule has 134 valence electrons. The van der Waals surface area contributed by atoms with E-state index in [-0.39, 0.29) is 0 Å². The van der Waals surface area contributed by atoms with Crippen LogP contribution in [0.4, 0.5) is 0 Å². The Labute approximate surface area is 157 Å². The molecule has 5 nitrogen and oxygen atoms in total. The van der Waals surface area contributed by atoms with Crippen molar-refractivity contribution in [1.82, 2.24) is 10.6 Å². The maximum atomic E-state index is 5.38. The average molecular weight is 406 g/mol. The molecular weight excluding hydrogens is 382 g/mol. The van der Waals surface area contributed by atoms with Crippen molar-refractivity contribution in [1.29, 1.82) is 0 Å². The number of benzene rings is 2. The van der Waals surface area contributed by atoms with Gasteiger partial charge >= 0.3 is 0 Å². The number of nitrogens with zero attached hydrogens (tertiary/aromatic N) is 1. The molecule has 0 bridgehead atoms. The van der Waals surface area contributed by atoms with E-state index in [9.17, 15) is 0 Å². The second-order valence-corrected chi connectivity index (χ2v) is 6.24. The fraction of sp³-hybridized carbons (Fsp3) is 0.316. The Kier molecular flexibility index (Phi) is 7.60. The third-order valence-electron chi connectivity index (χ3n) is 3.78. The first kappa shape index (κ1) is 19.1. The van der Waals surface area contributed by atoms with Crippen LogP contribution < -0.4 is 20.1 Å². The predicted molar refractivity (Wildman–Crippen MR) is 106 cm³/mol. The number of nitrogens with one attached hydrogen (secondary N) is 2. The fourth-order valence-corrected chi connectivity index (χ4v) is 3.04. The predicted octanol–water partition coefficient (Wildman–Crippen LogP) is 3.37. The molecule has 0 fully saturated rings. The van der Waals surface area contributed by atoms with Gasteiger partial charge in [0.25, 0.3) is 0 Å². The molecule has 0 radical (unpaired) electrons. The summed E-state index contributed by atoms with van der Waals surface area (Å²) in [4.78, 5) is 4.26. The van der Waals surface area contributed by atoms with E-state index in [4.69, 9.17) is 9.47 Å². The van der Waals surface area contributed by atoms with Crippen molar-refractivity contribution >= 4 is 21.9 Å². The second-order valence-electron chi connectivity index (χ2n) is 5.38. The minimum atomic E-state index is 0.678. The zero-order valence-electron chi connectivity index (χ0n) is 14.8.